The molecule has 0 aliphatic carbocycles. The van der Waals surface area contributed by atoms with Crippen molar-refractivity contribution >= 4 is 16.4 Å². The molecule has 0 radical (unpaired) electrons. The van der Waals surface area contributed by atoms with E-state index in [0.29, 0.717) is 6.08 Å². The van der Waals surface area contributed by atoms with Crippen LogP contribution in [0.15, 0.2) is 11.8 Å². The van der Waals surface area contributed by atoms with E-state index in [-0.39, 0.29) is 59.1 Å². The maximum absolute atomic E-state index is 11.0. The van der Waals surface area contributed by atoms with E-state index in [2.05, 4.69) is 4.18 Å². The van der Waals surface area contributed by atoms with Gasteiger partial charge in [-0.25, -0.2) is 8.42 Å². The summed E-state index contributed by atoms with van der Waals surface area (Å²) >= 11 is 0. The number of rotatable bonds is 6. The van der Waals surface area contributed by atoms with Crippen LogP contribution in [0.5, 0.6) is 0 Å². The zero-order valence-electron chi connectivity index (χ0n) is 15.4. The Morgan fingerprint density at radius 2 is 1.83 bits per heavy atom. The van der Waals surface area contributed by atoms with Crippen molar-refractivity contribution in [1.29, 1.82) is 0 Å². The summed E-state index contributed by atoms with van der Waals surface area (Å²) in [7, 11) is -5.39. The van der Waals surface area contributed by atoms with E-state index in [0.717, 1.165) is 0 Å². The zero-order chi connectivity index (χ0) is 20.5. The number of carbonyl (C=O) groups excluding carboxylic acids is 1. The predicted molar refractivity (Wildman–Crippen MR) is 75.4 cm³/mol. The molecule has 2 aliphatic rings. The smallest absolute Gasteiger partial charge is 0.726 e. The van der Waals surface area contributed by atoms with Crippen molar-refractivity contribution in [2.45, 2.75) is 49.1 Å². The van der Waals surface area contributed by atoms with Gasteiger partial charge in [-0.15, -0.1) is 0 Å². The number of aliphatic hydroxyl groups excluding tert-OH is 4. The Balaban J connectivity index is 0.00000392. The molecular weight excluding hydrogens is 444 g/mol. The first-order chi connectivity index (χ1) is 12.4. The Morgan fingerprint density at radius 3 is 2.31 bits per heavy atom. The fourth-order valence-corrected chi connectivity index (χ4v) is 3.00. The number of aliphatic carboxylic acids is 1. The second-order valence-corrected chi connectivity index (χ2v) is 6.69. The number of carboxylic acid groups (broad SMARTS) is 1. The third-order valence-corrected chi connectivity index (χ3v) is 4.27. The van der Waals surface area contributed by atoms with E-state index in [4.69, 9.17) is 19.9 Å². The van der Waals surface area contributed by atoms with Crippen molar-refractivity contribution in [2.75, 3.05) is 6.61 Å². The van der Waals surface area contributed by atoms with Crippen molar-refractivity contribution in [3.8, 4) is 0 Å². The molecule has 0 saturated carbocycles. The molecule has 8 atom stereocenters. The Labute approximate surface area is 209 Å². The van der Waals surface area contributed by atoms with Crippen molar-refractivity contribution in [3.63, 3.8) is 0 Å². The van der Waals surface area contributed by atoms with Gasteiger partial charge in [-0.05, 0) is 6.08 Å². The summed E-state index contributed by atoms with van der Waals surface area (Å²) in [5.41, 5.74) is 5.50. The van der Waals surface area contributed by atoms with Crippen molar-refractivity contribution in [1.82, 2.24) is 0 Å². The van der Waals surface area contributed by atoms with Crippen LogP contribution < -0.4 is 70.0 Å². The maximum atomic E-state index is 11.0. The van der Waals surface area contributed by atoms with Crippen LogP contribution in [0.4, 0.5) is 0 Å². The SMILES string of the molecule is NC1C(O)OC(CO)C(OC2OC(C(=O)[O-])=CC(O)C2OS(=O)(=O)[O-])C1O.[Na+].[Na+]. The molecule has 2 aliphatic heterocycles. The van der Waals surface area contributed by atoms with Crippen LogP contribution in [-0.2, 0) is 33.6 Å². The maximum Gasteiger partial charge on any atom is 1.00 e. The van der Waals surface area contributed by atoms with Gasteiger partial charge in [0.1, 0.15) is 36.1 Å². The molecule has 29 heavy (non-hydrogen) atoms. The van der Waals surface area contributed by atoms with E-state index >= 15 is 0 Å². The summed E-state index contributed by atoms with van der Waals surface area (Å²) in [6.07, 6.45) is -12.0. The Bertz CT molecular complexity index is 689. The molecule has 1 fully saturated rings. The summed E-state index contributed by atoms with van der Waals surface area (Å²) in [6, 6.07) is -1.43. The Hall–Kier alpha value is 0.600. The average Bonchev–Trinajstić information content (AvgIpc) is 2.56. The molecule has 0 amide bonds. The van der Waals surface area contributed by atoms with Gasteiger partial charge in [-0.1, -0.05) is 0 Å². The normalized spacial score (nSPS) is 37.4. The van der Waals surface area contributed by atoms with Crippen LogP contribution in [0.25, 0.3) is 0 Å². The van der Waals surface area contributed by atoms with E-state index in [1.807, 2.05) is 0 Å². The summed E-state index contributed by atoms with van der Waals surface area (Å²) in [4.78, 5) is 11.0. The molecule has 0 aromatic rings. The molecule has 0 aromatic carbocycles. The quantitative estimate of drug-likeness (QED) is 0.140. The first kappa shape index (κ1) is 29.6. The molecule has 1 saturated heterocycles. The number of carbonyl (C=O) groups is 1. The van der Waals surface area contributed by atoms with Crippen LogP contribution in [-0.4, -0.2) is 95.1 Å². The van der Waals surface area contributed by atoms with Gasteiger partial charge >= 0.3 is 59.1 Å². The number of hydrogen-bond donors (Lipinski definition) is 5. The Kier molecular flexibility index (Phi) is 12.3. The third-order valence-electron chi connectivity index (χ3n) is 3.81. The summed E-state index contributed by atoms with van der Waals surface area (Å²) in [5, 5.41) is 49.8. The minimum atomic E-state index is -5.39. The monoisotopic (exact) mass is 461 g/mol. The van der Waals surface area contributed by atoms with Gasteiger partial charge in [0.05, 0.1) is 12.6 Å². The zero-order valence-corrected chi connectivity index (χ0v) is 20.2. The van der Waals surface area contributed by atoms with E-state index in [9.17, 15) is 43.3 Å². The molecule has 2 rings (SSSR count). The van der Waals surface area contributed by atoms with Crippen LogP contribution in [0, 0.1) is 0 Å². The van der Waals surface area contributed by atoms with Crippen molar-refractivity contribution in [3.05, 3.63) is 11.8 Å². The van der Waals surface area contributed by atoms with Gasteiger partial charge in [0.2, 0.25) is 16.7 Å². The first-order valence-electron chi connectivity index (χ1n) is 7.40. The van der Waals surface area contributed by atoms with Crippen molar-refractivity contribution < 1.29 is 121 Å². The van der Waals surface area contributed by atoms with Gasteiger partial charge in [0.25, 0.3) is 0 Å². The molecule has 0 aromatic heterocycles. The topological polar surface area (TPSA) is 241 Å². The van der Waals surface area contributed by atoms with Gasteiger partial charge in [-0.3, -0.25) is 4.18 Å². The van der Waals surface area contributed by atoms with E-state index < -0.39 is 77.9 Å². The Morgan fingerprint density at radius 1 is 1.24 bits per heavy atom. The largest absolute Gasteiger partial charge is 1.00 e. The number of ether oxygens (including phenoxy) is 3. The minimum Gasteiger partial charge on any atom is -0.726 e. The summed E-state index contributed by atoms with van der Waals surface area (Å²) < 4.78 is 51.7. The molecular formula is C12H17NNa2O13S. The van der Waals surface area contributed by atoms with E-state index in [1.165, 1.54) is 0 Å². The van der Waals surface area contributed by atoms with Gasteiger partial charge in [0.15, 0.2) is 12.4 Å². The molecule has 8 unspecified atom stereocenters. The molecule has 17 heteroatoms. The number of carboxylic acids is 1. The molecule has 0 bridgehead atoms. The summed E-state index contributed by atoms with van der Waals surface area (Å²) in [6.45, 7) is -0.810. The summed E-state index contributed by atoms with van der Waals surface area (Å²) in [5.74, 6) is -2.87. The van der Waals surface area contributed by atoms with Gasteiger partial charge in [0, 0.05) is 0 Å². The second kappa shape index (κ2) is 12.0. The first-order valence-corrected chi connectivity index (χ1v) is 8.73. The van der Waals surface area contributed by atoms with Gasteiger partial charge in [-0.2, -0.15) is 0 Å². The van der Waals surface area contributed by atoms with Crippen LogP contribution >= 0.6 is 0 Å². The number of nitrogens with two attached hydrogens (primary N) is 1. The fraction of sp³-hybridized carbons (Fsp3) is 0.750. The number of hydrogen-bond acceptors (Lipinski definition) is 14. The average molecular weight is 461 g/mol. The van der Waals surface area contributed by atoms with Gasteiger partial charge < -0.3 is 54.8 Å². The second-order valence-electron chi connectivity index (χ2n) is 5.68. The number of aliphatic hydroxyl groups is 4. The van der Waals surface area contributed by atoms with Crippen LogP contribution in [0.1, 0.15) is 0 Å². The minimum absolute atomic E-state index is 0. The van der Waals surface area contributed by atoms with Crippen LogP contribution in [0.2, 0.25) is 0 Å². The molecule has 0 spiro atoms. The molecule has 6 N–H and O–H groups in total. The van der Waals surface area contributed by atoms with Crippen LogP contribution in [0.3, 0.4) is 0 Å². The molecule has 14 nitrogen and oxygen atoms in total. The molecule has 2 heterocycles. The van der Waals surface area contributed by atoms with Crippen molar-refractivity contribution in [2.24, 2.45) is 5.73 Å². The standard InChI is InChI=1S/C12H19NO13S.2Na/c13-6-7(16)9(5(2-14)23-11(6)19)25-12-8(26-27(20,21)22)3(15)1-4(24-12)10(17)18;;/h1,3,5-9,11-12,14-16,19H,2,13H2,(H,17,18)(H,20,21,22);;/q;2*+1/p-2. The predicted octanol–water partition coefficient (Wildman–Crippen LogP) is -12.0. The van der Waals surface area contributed by atoms with E-state index in [1.54, 1.807) is 0 Å². The third kappa shape index (κ3) is 7.60. The fourth-order valence-electron chi connectivity index (χ4n) is 2.53. The molecule has 156 valence electrons.